The second-order valence-electron chi connectivity index (χ2n) is 8.84. The predicted molar refractivity (Wildman–Crippen MR) is 125 cm³/mol. The van der Waals surface area contributed by atoms with Crippen LogP contribution in [0, 0.1) is 5.92 Å². The highest BCUT2D eigenvalue weighted by Gasteiger charge is 2.49. The fraction of sp³-hybridized carbons (Fsp3) is 0.417. The zero-order valence-corrected chi connectivity index (χ0v) is 18.4. The number of nitrogens with zero attached hydrogens (tertiary/aromatic N) is 4. The Morgan fingerprint density at radius 2 is 1.82 bits per heavy atom. The molecule has 2 aromatic heterocycles. The van der Waals surface area contributed by atoms with Crippen molar-refractivity contribution in [2.75, 3.05) is 49.5 Å². The van der Waals surface area contributed by atoms with Crippen molar-refractivity contribution >= 4 is 22.8 Å². The molecule has 1 saturated carbocycles. The van der Waals surface area contributed by atoms with Crippen molar-refractivity contribution in [2.24, 2.45) is 11.7 Å². The molecule has 174 valence electrons. The Morgan fingerprint density at radius 1 is 1.09 bits per heavy atom. The first-order valence-corrected chi connectivity index (χ1v) is 11.4. The Hall–Kier alpha value is -3.20. The van der Waals surface area contributed by atoms with Crippen molar-refractivity contribution in [3.05, 3.63) is 48.8 Å². The fourth-order valence-electron chi connectivity index (χ4n) is 4.68. The number of carbonyl (C=O) groups excluding carboxylic acids is 1. The summed E-state index contributed by atoms with van der Waals surface area (Å²) in [6.07, 6.45) is 3.17. The van der Waals surface area contributed by atoms with Crippen molar-refractivity contribution in [3.8, 4) is 11.1 Å². The monoisotopic (exact) mass is 454 g/mol. The van der Waals surface area contributed by atoms with Gasteiger partial charge in [0.05, 0.1) is 11.2 Å². The summed E-state index contributed by atoms with van der Waals surface area (Å²) in [6.45, 7) is 3.72. The molecule has 3 N–H and O–H groups in total. The Bertz CT molecular complexity index is 1130. The van der Waals surface area contributed by atoms with Gasteiger partial charge in [-0.1, -0.05) is 12.1 Å². The normalized spacial score (nSPS) is 18.4. The number of amides is 1. The number of benzene rings is 1. The molecule has 2 aliphatic rings. The molecule has 0 atom stereocenters. The van der Waals surface area contributed by atoms with Gasteiger partial charge in [0.25, 0.3) is 0 Å². The van der Waals surface area contributed by atoms with Crippen LogP contribution in [-0.4, -0.2) is 65.6 Å². The number of fused-ring (bicyclic) bond motifs is 1. The van der Waals surface area contributed by atoms with Crippen LogP contribution in [0.15, 0.2) is 48.8 Å². The first-order chi connectivity index (χ1) is 15.9. The van der Waals surface area contributed by atoms with Crippen LogP contribution in [0.25, 0.3) is 16.6 Å². The highest BCUT2D eigenvalue weighted by atomic mass is 19.3. The lowest BCUT2D eigenvalue weighted by Crippen LogP contribution is -2.53. The summed E-state index contributed by atoms with van der Waals surface area (Å²) < 4.78 is 28.2. The smallest absolute Gasteiger partial charge is 0.249 e. The van der Waals surface area contributed by atoms with Crippen LogP contribution < -0.4 is 16.0 Å². The molecular formula is C24H28F2N6O. The van der Waals surface area contributed by atoms with Crippen LogP contribution in [0.2, 0.25) is 0 Å². The summed E-state index contributed by atoms with van der Waals surface area (Å²) in [5, 5.41) is 7.73. The maximum absolute atomic E-state index is 13.1. The Balaban J connectivity index is 1.29. The van der Waals surface area contributed by atoms with E-state index in [-0.39, 0.29) is 18.7 Å². The first kappa shape index (κ1) is 21.6. The number of hydrogen-bond donors (Lipinski definition) is 2. The number of aromatic nitrogens is 2. The van der Waals surface area contributed by atoms with Gasteiger partial charge in [-0.25, -0.2) is 13.3 Å². The van der Waals surface area contributed by atoms with Gasteiger partial charge in [0.1, 0.15) is 0 Å². The molecule has 0 bridgehead atoms. The molecule has 1 aliphatic carbocycles. The van der Waals surface area contributed by atoms with Gasteiger partial charge in [-0.15, -0.1) is 0 Å². The molecule has 2 fully saturated rings. The largest absolute Gasteiger partial charge is 0.384 e. The van der Waals surface area contributed by atoms with Gasteiger partial charge in [-0.2, -0.15) is 5.10 Å². The summed E-state index contributed by atoms with van der Waals surface area (Å²) >= 11 is 0. The van der Waals surface area contributed by atoms with Crippen molar-refractivity contribution in [1.29, 1.82) is 0 Å². The third kappa shape index (κ3) is 4.37. The van der Waals surface area contributed by atoms with Crippen LogP contribution in [-0.2, 0) is 4.79 Å². The van der Waals surface area contributed by atoms with Gasteiger partial charge in [-0.3, -0.25) is 4.79 Å². The van der Waals surface area contributed by atoms with E-state index in [0.29, 0.717) is 32.7 Å². The maximum atomic E-state index is 13.1. The number of hydrogen-bond acceptors (Lipinski definition) is 5. The standard InChI is InChI=1S/C24H28F2N6O/c25-24(26)14-19(15-24)23(33)31-11-9-30(10-12-31)21-5-7-29-32-16-18(13-22(21)32)17-1-3-20(4-2-17)28-8-6-27/h1-5,7,13,16,19,28H,6,8-12,14-15,27H2. The third-order valence-electron chi connectivity index (χ3n) is 6.55. The van der Waals surface area contributed by atoms with E-state index in [1.165, 1.54) is 0 Å². The van der Waals surface area contributed by atoms with E-state index < -0.39 is 11.8 Å². The molecule has 0 unspecified atom stereocenters. The minimum absolute atomic E-state index is 0.130. The number of rotatable bonds is 6. The van der Waals surface area contributed by atoms with Crippen LogP contribution in [0.1, 0.15) is 12.8 Å². The maximum Gasteiger partial charge on any atom is 0.249 e. The van der Waals surface area contributed by atoms with Gasteiger partial charge in [0, 0.05) is 81.7 Å². The second-order valence-corrected chi connectivity index (χ2v) is 8.84. The average Bonchev–Trinajstić information content (AvgIpc) is 3.25. The fourth-order valence-corrected chi connectivity index (χ4v) is 4.68. The number of alkyl halides is 2. The molecule has 9 heteroatoms. The summed E-state index contributed by atoms with van der Waals surface area (Å²) in [6, 6.07) is 12.3. The van der Waals surface area contributed by atoms with Crippen LogP contribution in [0.3, 0.4) is 0 Å². The number of nitrogens with two attached hydrogens (primary N) is 1. The number of halogens is 2. The summed E-state index contributed by atoms with van der Waals surface area (Å²) in [5.74, 6) is -3.32. The third-order valence-corrected chi connectivity index (χ3v) is 6.55. The molecule has 3 heterocycles. The van der Waals surface area contributed by atoms with Crippen molar-refractivity contribution in [2.45, 2.75) is 18.8 Å². The molecule has 7 nitrogen and oxygen atoms in total. The van der Waals surface area contributed by atoms with Crippen LogP contribution in [0.4, 0.5) is 20.2 Å². The van der Waals surface area contributed by atoms with Crippen molar-refractivity contribution < 1.29 is 13.6 Å². The highest BCUT2D eigenvalue weighted by molar-refractivity contribution is 5.82. The average molecular weight is 455 g/mol. The van der Waals surface area contributed by atoms with Gasteiger partial charge in [0.15, 0.2) is 0 Å². The molecule has 1 aliphatic heterocycles. The lowest BCUT2D eigenvalue weighted by atomic mass is 9.80. The molecule has 1 saturated heterocycles. The minimum atomic E-state index is -2.67. The zero-order valence-electron chi connectivity index (χ0n) is 18.4. The highest BCUT2D eigenvalue weighted by Crippen LogP contribution is 2.43. The predicted octanol–water partition coefficient (Wildman–Crippen LogP) is 3.07. The molecule has 0 radical (unpaired) electrons. The Kier molecular flexibility index (Phi) is 5.65. The topological polar surface area (TPSA) is 78.9 Å². The van der Waals surface area contributed by atoms with E-state index in [0.717, 1.165) is 34.6 Å². The Labute approximate surface area is 191 Å². The number of anilines is 2. The van der Waals surface area contributed by atoms with Crippen molar-refractivity contribution in [1.82, 2.24) is 14.5 Å². The van der Waals surface area contributed by atoms with Gasteiger partial charge in [0.2, 0.25) is 11.8 Å². The summed E-state index contributed by atoms with van der Waals surface area (Å²) in [4.78, 5) is 16.5. The lowest BCUT2D eigenvalue weighted by Gasteiger charge is -2.41. The van der Waals surface area contributed by atoms with Gasteiger partial charge < -0.3 is 20.9 Å². The van der Waals surface area contributed by atoms with Crippen molar-refractivity contribution in [3.63, 3.8) is 0 Å². The number of piperazine rings is 1. The van der Waals surface area contributed by atoms with Crippen LogP contribution in [0.5, 0.6) is 0 Å². The Morgan fingerprint density at radius 3 is 2.48 bits per heavy atom. The lowest BCUT2D eigenvalue weighted by molar-refractivity contribution is -0.160. The van der Waals surface area contributed by atoms with E-state index in [1.807, 2.05) is 28.9 Å². The first-order valence-electron chi connectivity index (χ1n) is 11.4. The second kappa shape index (κ2) is 8.62. The molecule has 1 aromatic carbocycles. The van der Waals surface area contributed by atoms with Gasteiger partial charge >= 0.3 is 0 Å². The van der Waals surface area contributed by atoms with E-state index >= 15 is 0 Å². The van der Waals surface area contributed by atoms with Gasteiger partial charge in [-0.05, 0) is 29.8 Å². The molecule has 5 rings (SSSR count). The number of carbonyl (C=O) groups is 1. The summed E-state index contributed by atoms with van der Waals surface area (Å²) in [5.41, 5.74) is 10.8. The SMILES string of the molecule is NCCNc1ccc(-c2cc3c(N4CCN(C(=O)C5CC(F)(F)C5)CC4)ccnn3c2)cc1. The van der Waals surface area contributed by atoms with E-state index in [1.54, 1.807) is 11.1 Å². The number of nitrogens with one attached hydrogen (secondary N) is 1. The molecule has 1 amide bonds. The van der Waals surface area contributed by atoms with E-state index in [9.17, 15) is 13.6 Å². The molecular weight excluding hydrogens is 426 g/mol. The minimum Gasteiger partial charge on any atom is -0.384 e. The molecule has 0 spiro atoms. The van der Waals surface area contributed by atoms with E-state index in [4.69, 9.17) is 5.73 Å². The molecule has 3 aromatic rings. The summed E-state index contributed by atoms with van der Waals surface area (Å²) in [7, 11) is 0. The van der Waals surface area contributed by atoms with Crippen LogP contribution >= 0.6 is 0 Å². The quantitative estimate of drug-likeness (QED) is 0.599. The van der Waals surface area contributed by atoms with E-state index in [2.05, 4.69) is 33.5 Å². The zero-order chi connectivity index (χ0) is 23.0. The molecule has 33 heavy (non-hydrogen) atoms.